The molecule has 18 heavy (non-hydrogen) atoms. The van der Waals surface area contributed by atoms with Gasteiger partial charge in [-0.3, -0.25) is 9.69 Å². The zero-order valence-corrected chi connectivity index (χ0v) is 11.7. The Morgan fingerprint density at radius 2 is 2.06 bits per heavy atom. The van der Waals surface area contributed by atoms with Gasteiger partial charge in [-0.05, 0) is 30.9 Å². The fraction of sp³-hybridized carbons (Fsp3) is 0.571. The minimum atomic E-state index is 0.115. The first kappa shape index (κ1) is 14.5. The molecule has 2 N–H and O–H groups in total. The van der Waals surface area contributed by atoms with Crippen molar-refractivity contribution in [1.29, 1.82) is 0 Å². The fourth-order valence-electron chi connectivity index (χ4n) is 1.64. The van der Waals surface area contributed by atoms with E-state index in [2.05, 4.69) is 25.8 Å². The molecule has 0 saturated heterocycles. The Labute approximate surface area is 109 Å². The van der Waals surface area contributed by atoms with E-state index in [1.165, 1.54) is 0 Å². The predicted molar refractivity (Wildman–Crippen MR) is 75.4 cm³/mol. The number of carbonyl (C=O) groups excluding carboxylic acids is 1. The Morgan fingerprint density at radius 1 is 1.39 bits per heavy atom. The second-order valence-electron chi connectivity index (χ2n) is 5.65. The van der Waals surface area contributed by atoms with Gasteiger partial charge in [-0.2, -0.15) is 0 Å². The highest BCUT2D eigenvalue weighted by atomic mass is 16.2. The van der Waals surface area contributed by atoms with E-state index in [0.29, 0.717) is 24.5 Å². The topological polar surface area (TPSA) is 59.2 Å². The molecule has 1 rings (SSSR count). The van der Waals surface area contributed by atoms with Gasteiger partial charge in [-0.1, -0.05) is 20.8 Å². The first-order valence-corrected chi connectivity index (χ1v) is 6.35. The fourth-order valence-corrected chi connectivity index (χ4v) is 1.64. The quantitative estimate of drug-likeness (QED) is 0.892. The van der Waals surface area contributed by atoms with E-state index in [4.69, 9.17) is 5.73 Å². The molecule has 1 aromatic rings. The van der Waals surface area contributed by atoms with Crippen molar-refractivity contribution >= 4 is 17.4 Å². The van der Waals surface area contributed by atoms with Gasteiger partial charge in [0.05, 0.1) is 11.9 Å². The normalized spacial score (nSPS) is 11.3. The van der Waals surface area contributed by atoms with Crippen LogP contribution < -0.4 is 10.6 Å². The third-order valence-electron chi connectivity index (χ3n) is 2.75. The van der Waals surface area contributed by atoms with Crippen LogP contribution in [0.2, 0.25) is 0 Å². The van der Waals surface area contributed by atoms with Crippen molar-refractivity contribution in [2.45, 2.75) is 40.5 Å². The molecule has 4 nitrogen and oxygen atoms in total. The maximum absolute atomic E-state index is 12.2. The van der Waals surface area contributed by atoms with E-state index < -0.39 is 0 Å². The van der Waals surface area contributed by atoms with Gasteiger partial charge in [0, 0.05) is 13.0 Å². The van der Waals surface area contributed by atoms with E-state index >= 15 is 0 Å². The molecule has 0 unspecified atom stereocenters. The lowest BCUT2D eigenvalue weighted by Gasteiger charge is -2.23. The molecule has 0 radical (unpaired) electrons. The van der Waals surface area contributed by atoms with Crippen molar-refractivity contribution in [2.75, 3.05) is 17.2 Å². The molecule has 0 saturated carbocycles. The molecule has 0 aliphatic rings. The largest absolute Gasteiger partial charge is 0.397 e. The third-order valence-corrected chi connectivity index (χ3v) is 2.75. The van der Waals surface area contributed by atoms with Crippen LogP contribution in [0.5, 0.6) is 0 Å². The number of rotatable bonds is 4. The highest BCUT2D eigenvalue weighted by Crippen LogP contribution is 2.22. The monoisotopic (exact) mass is 249 g/mol. The van der Waals surface area contributed by atoms with Crippen LogP contribution >= 0.6 is 0 Å². The van der Waals surface area contributed by atoms with Gasteiger partial charge < -0.3 is 5.73 Å². The number of nitrogens with two attached hydrogens (primary N) is 1. The number of nitrogen functional groups attached to an aromatic ring is 1. The standard InChI is InChI=1S/C14H23N3O/c1-5-17(12-7-6-11(15)10-16-12)13(18)8-9-14(2,3)4/h6-7,10H,5,8-9,15H2,1-4H3. The lowest BCUT2D eigenvalue weighted by molar-refractivity contribution is -0.119. The molecule has 0 bridgehead atoms. The lowest BCUT2D eigenvalue weighted by atomic mass is 9.90. The van der Waals surface area contributed by atoms with Gasteiger partial charge >= 0.3 is 0 Å². The zero-order valence-electron chi connectivity index (χ0n) is 11.7. The van der Waals surface area contributed by atoms with Crippen LogP contribution in [-0.4, -0.2) is 17.4 Å². The second kappa shape index (κ2) is 5.85. The van der Waals surface area contributed by atoms with Crippen LogP contribution in [0.3, 0.4) is 0 Å². The van der Waals surface area contributed by atoms with Gasteiger partial charge in [0.2, 0.25) is 5.91 Å². The summed E-state index contributed by atoms with van der Waals surface area (Å²) in [5, 5.41) is 0. The van der Waals surface area contributed by atoms with Gasteiger partial charge in [-0.15, -0.1) is 0 Å². The van der Waals surface area contributed by atoms with Crippen molar-refractivity contribution in [3.05, 3.63) is 18.3 Å². The Kier molecular flexibility index (Phi) is 4.70. The average molecular weight is 249 g/mol. The number of aromatic nitrogens is 1. The van der Waals surface area contributed by atoms with E-state index in [9.17, 15) is 4.79 Å². The van der Waals surface area contributed by atoms with E-state index in [-0.39, 0.29) is 11.3 Å². The van der Waals surface area contributed by atoms with Crippen molar-refractivity contribution in [3.8, 4) is 0 Å². The maximum atomic E-state index is 12.2. The van der Waals surface area contributed by atoms with Crippen LogP contribution in [0.1, 0.15) is 40.5 Å². The highest BCUT2D eigenvalue weighted by molar-refractivity contribution is 5.92. The van der Waals surface area contributed by atoms with Gasteiger partial charge in [0.1, 0.15) is 5.82 Å². The average Bonchev–Trinajstić information content (AvgIpc) is 2.29. The smallest absolute Gasteiger partial charge is 0.228 e. The predicted octanol–water partition coefficient (Wildman–Crippen LogP) is 2.84. The molecule has 1 heterocycles. The number of carbonyl (C=O) groups is 1. The maximum Gasteiger partial charge on any atom is 0.228 e. The summed E-state index contributed by atoms with van der Waals surface area (Å²) in [5.41, 5.74) is 6.37. The van der Waals surface area contributed by atoms with Gasteiger partial charge in [0.25, 0.3) is 0 Å². The number of hydrogen-bond donors (Lipinski definition) is 1. The molecule has 100 valence electrons. The summed E-state index contributed by atoms with van der Waals surface area (Å²) in [5.74, 6) is 0.787. The van der Waals surface area contributed by atoms with E-state index in [1.807, 2.05) is 6.92 Å². The Hall–Kier alpha value is -1.58. The molecule has 0 spiro atoms. The third kappa shape index (κ3) is 4.35. The number of nitrogens with zero attached hydrogens (tertiary/aromatic N) is 2. The van der Waals surface area contributed by atoms with E-state index in [1.54, 1.807) is 23.2 Å². The van der Waals surface area contributed by atoms with Crippen molar-refractivity contribution in [2.24, 2.45) is 5.41 Å². The van der Waals surface area contributed by atoms with Crippen molar-refractivity contribution in [3.63, 3.8) is 0 Å². The van der Waals surface area contributed by atoms with Crippen LogP contribution in [0.15, 0.2) is 18.3 Å². The van der Waals surface area contributed by atoms with Crippen LogP contribution in [-0.2, 0) is 4.79 Å². The molecule has 0 aliphatic carbocycles. The Bertz CT molecular complexity index is 392. The molecule has 0 aromatic carbocycles. The first-order valence-electron chi connectivity index (χ1n) is 6.35. The summed E-state index contributed by atoms with van der Waals surface area (Å²) in [7, 11) is 0. The Balaban J connectivity index is 2.71. The lowest BCUT2D eigenvalue weighted by Crippen LogP contribution is -2.31. The molecule has 1 amide bonds. The van der Waals surface area contributed by atoms with Crippen molar-refractivity contribution < 1.29 is 4.79 Å². The number of anilines is 2. The second-order valence-corrected chi connectivity index (χ2v) is 5.65. The van der Waals surface area contributed by atoms with Gasteiger partial charge in [0.15, 0.2) is 0 Å². The Morgan fingerprint density at radius 3 is 2.50 bits per heavy atom. The molecule has 0 aliphatic heterocycles. The summed E-state index contributed by atoms with van der Waals surface area (Å²) in [6.07, 6.45) is 3.00. The number of pyridine rings is 1. The summed E-state index contributed by atoms with van der Waals surface area (Å²) < 4.78 is 0. The van der Waals surface area contributed by atoms with Crippen LogP contribution in [0.4, 0.5) is 11.5 Å². The summed E-state index contributed by atoms with van der Waals surface area (Å²) in [4.78, 5) is 18.1. The van der Waals surface area contributed by atoms with E-state index in [0.717, 1.165) is 6.42 Å². The zero-order chi connectivity index (χ0) is 13.8. The van der Waals surface area contributed by atoms with Crippen LogP contribution in [0.25, 0.3) is 0 Å². The molecular weight excluding hydrogens is 226 g/mol. The SMILES string of the molecule is CCN(C(=O)CCC(C)(C)C)c1ccc(N)cn1. The molecule has 4 heteroatoms. The minimum absolute atomic E-state index is 0.115. The molecule has 0 atom stereocenters. The van der Waals surface area contributed by atoms with Crippen molar-refractivity contribution in [1.82, 2.24) is 4.98 Å². The molecular formula is C14H23N3O. The molecule has 0 fully saturated rings. The number of amides is 1. The number of hydrogen-bond acceptors (Lipinski definition) is 3. The van der Waals surface area contributed by atoms with Crippen LogP contribution in [0, 0.1) is 5.41 Å². The minimum Gasteiger partial charge on any atom is -0.397 e. The first-order chi connectivity index (χ1) is 8.33. The molecule has 1 aromatic heterocycles. The van der Waals surface area contributed by atoms with Gasteiger partial charge in [-0.25, -0.2) is 4.98 Å². The summed E-state index contributed by atoms with van der Waals surface area (Å²) >= 11 is 0. The highest BCUT2D eigenvalue weighted by Gasteiger charge is 2.18. The summed E-state index contributed by atoms with van der Waals surface area (Å²) in [6, 6.07) is 3.55. The summed E-state index contributed by atoms with van der Waals surface area (Å²) in [6.45, 7) is 8.99.